The van der Waals surface area contributed by atoms with E-state index in [1.165, 1.54) is 0 Å². The quantitative estimate of drug-likeness (QED) is 0.761. The summed E-state index contributed by atoms with van der Waals surface area (Å²) in [4.78, 5) is 24.5. The first kappa shape index (κ1) is 18.0. The highest BCUT2D eigenvalue weighted by Crippen LogP contribution is 2.23. The predicted octanol–water partition coefficient (Wildman–Crippen LogP) is 4.43. The molecule has 0 aromatic heterocycles. The molecule has 0 aliphatic heterocycles. The first-order chi connectivity index (χ1) is 11.5. The molecule has 2 rings (SSSR count). The van der Waals surface area contributed by atoms with Crippen LogP contribution in [0.5, 0.6) is 0 Å². The zero-order valence-corrected chi connectivity index (χ0v) is 14.6. The summed E-state index contributed by atoms with van der Waals surface area (Å²) in [7, 11) is 0. The Labute approximate surface area is 147 Å². The Hall–Kier alpha value is -2.33. The molecule has 4 nitrogen and oxygen atoms in total. The first-order valence-electron chi connectivity index (χ1n) is 7.97. The number of unbranched alkanes of at least 4 members (excludes halogenated alkanes) is 1. The van der Waals surface area contributed by atoms with Crippen molar-refractivity contribution in [2.75, 3.05) is 11.9 Å². The number of hydrogen-bond acceptors (Lipinski definition) is 2. The highest BCUT2D eigenvalue weighted by Gasteiger charge is 2.12. The number of hydrogen-bond donors (Lipinski definition) is 2. The molecule has 0 spiro atoms. The van der Waals surface area contributed by atoms with Gasteiger partial charge in [-0.2, -0.15) is 0 Å². The lowest BCUT2D eigenvalue weighted by molar-refractivity contribution is 0.0953. The molecular formula is C19H21ClN2O2. The molecule has 5 heteroatoms. The van der Waals surface area contributed by atoms with Gasteiger partial charge < -0.3 is 10.6 Å². The van der Waals surface area contributed by atoms with E-state index in [9.17, 15) is 9.59 Å². The molecule has 0 atom stereocenters. The summed E-state index contributed by atoms with van der Waals surface area (Å²) in [6.45, 7) is 4.54. The van der Waals surface area contributed by atoms with Crippen LogP contribution in [0.1, 0.15) is 46.0 Å². The van der Waals surface area contributed by atoms with Crippen molar-refractivity contribution in [3.63, 3.8) is 0 Å². The second kappa shape index (κ2) is 8.50. The van der Waals surface area contributed by atoms with Gasteiger partial charge in [0.2, 0.25) is 0 Å². The van der Waals surface area contributed by atoms with Crippen molar-refractivity contribution in [2.24, 2.45) is 0 Å². The first-order valence-corrected chi connectivity index (χ1v) is 8.35. The molecule has 0 saturated heterocycles. The lowest BCUT2D eigenvalue weighted by Gasteiger charge is -2.10. The minimum Gasteiger partial charge on any atom is -0.352 e. The van der Waals surface area contributed by atoms with Crippen LogP contribution in [0, 0.1) is 6.92 Å². The van der Waals surface area contributed by atoms with Gasteiger partial charge in [0.1, 0.15) is 0 Å². The Kier molecular flexibility index (Phi) is 6.38. The summed E-state index contributed by atoms with van der Waals surface area (Å²) in [6, 6.07) is 12.0. The van der Waals surface area contributed by atoms with Gasteiger partial charge in [-0.1, -0.05) is 37.1 Å². The average molecular weight is 345 g/mol. The van der Waals surface area contributed by atoms with Crippen molar-refractivity contribution in [2.45, 2.75) is 26.7 Å². The van der Waals surface area contributed by atoms with Crippen molar-refractivity contribution in [1.29, 1.82) is 0 Å². The van der Waals surface area contributed by atoms with Gasteiger partial charge in [0.05, 0.1) is 0 Å². The summed E-state index contributed by atoms with van der Waals surface area (Å²) in [5.41, 5.74) is 2.37. The average Bonchev–Trinajstić information content (AvgIpc) is 2.59. The van der Waals surface area contributed by atoms with E-state index in [0.29, 0.717) is 28.4 Å². The summed E-state index contributed by atoms with van der Waals surface area (Å²) >= 11 is 6.07. The van der Waals surface area contributed by atoms with Crippen LogP contribution < -0.4 is 10.6 Å². The fourth-order valence-electron chi connectivity index (χ4n) is 2.22. The molecule has 2 aromatic carbocycles. The van der Waals surface area contributed by atoms with Gasteiger partial charge in [0.15, 0.2) is 0 Å². The Bertz CT molecular complexity index is 744. The van der Waals surface area contributed by atoms with E-state index in [-0.39, 0.29) is 11.8 Å². The van der Waals surface area contributed by atoms with Gasteiger partial charge in [-0.25, -0.2) is 0 Å². The lowest BCUT2D eigenvalue weighted by atomic mass is 10.1. The molecule has 0 radical (unpaired) electrons. The minimum atomic E-state index is -0.274. The molecule has 24 heavy (non-hydrogen) atoms. The molecule has 0 unspecified atom stereocenters. The molecule has 2 N–H and O–H groups in total. The Morgan fingerprint density at radius 1 is 1.04 bits per heavy atom. The van der Waals surface area contributed by atoms with Crippen LogP contribution in [0.15, 0.2) is 42.5 Å². The molecule has 2 amide bonds. The molecule has 0 saturated carbocycles. The number of carbonyl (C=O) groups excluding carboxylic acids is 2. The smallest absolute Gasteiger partial charge is 0.255 e. The van der Waals surface area contributed by atoms with Gasteiger partial charge in [0.25, 0.3) is 11.8 Å². The van der Waals surface area contributed by atoms with Gasteiger partial charge >= 0.3 is 0 Å². The van der Waals surface area contributed by atoms with Crippen molar-refractivity contribution in [3.8, 4) is 0 Å². The lowest BCUT2D eigenvalue weighted by Crippen LogP contribution is -2.24. The number of benzene rings is 2. The molecule has 0 fully saturated rings. The largest absolute Gasteiger partial charge is 0.352 e. The van der Waals surface area contributed by atoms with Crippen LogP contribution >= 0.6 is 11.6 Å². The zero-order chi connectivity index (χ0) is 17.5. The van der Waals surface area contributed by atoms with Crippen molar-refractivity contribution < 1.29 is 9.59 Å². The third-order valence-electron chi connectivity index (χ3n) is 3.72. The topological polar surface area (TPSA) is 58.2 Å². The molecule has 126 valence electrons. The van der Waals surface area contributed by atoms with Gasteiger partial charge in [0, 0.05) is 28.4 Å². The number of halogens is 1. The summed E-state index contributed by atoms with van der Waals surface area (Å²) in [6.07, 6.45) is 1.95. The number of carbonyl (C=O) groups is 2. The second-order valence-corrected chi connectivity index (χ2v) is 5.96. The van der Waals surface area contributed by atoms with Crippen molar-refractivity contribution in [3.05, 3.63) is 64.2 Å². The Morgan fingerprint density at radius 3 is 2.42 bits per heavy atom. The molecule has 0 aliphatic rings. The van der Waals surface area contributed by atoms with E-state index < -0.39 is 0 Å². The third-order valence-corrected chi connectivity index (χ3v) is 4.13. The highest BCUT2D eigenvalue weighted by atomic mass is 35.5. The van der Waals surface area contributed by atoms with E-state index in [2.05, 4.69) is 17.6 Å². The second-order valence-electron chi connectivity index (χ2n) is 5.56. The summed E-state index contributed by atoms with van der Waals surface area (Å²) in [5, 5.41) is 6.27. The standard InChI is InChI=1S/C19H21ClN2O2/c1-3-4-11-21-18(23)14-7-5-8-15(12-14)19(24)22-17-10-6-9-16(20)13(17)2/h5-10,12H,3-4,11H2,1-2H3,(H,21,23)(H,22,24). The number of anilines is 1. The molecule has 2 aromatic rings. The number of nitrogens with one attached hydrogen (secondary N) is 2. The van der Waals surface area contributed by atoms with Crippen LogP contribution in [0.4, 0.5) is 5.69 Å². The fourth-order valence-corrected chi connectivity index (χ4v) is 2.39. The monoisotopic (exact) mass is 344 g/mol. The van der Waals surface area contributed by atoms with E-state index in [4.69, 9.17) is 11.6 Å². The SMILES string of the molecule is CCCCNC(=O)c1cccc(C(=O)Nc2cccc(Cl)c2C)c1. The molecule has 0 aliphatic carbocycles. The Morgan fingerprint density at radius 2 is 1.71 bits per heavy atom. The maximum absolute atomic E-state index is 12.4. The summed E-state index contributed by atoms with van der Waals surface area (Å²) < 4.78 is 0. The van der Waals surface area contributed by atoms with E-state index in [0.717, 1.165) is 18.4 Å². The molecule has 0 bridgehead atoms. The zero-order valence-electron chi connectivity index (χ0n) is 13.9. The highest BCUT2D eigenvalue weighted by molar-refractivity contribution is 6.31. The van der Waals surface area contributed by atoms with Crippen LogP contribution in [0.3, 0.4) is 0 Å². The van der Waals surface area contributed by atoms with E-state index >= 15 is 0 Å². The van der Waals surface area contributed by atoms with Crippen LogP contribution in [-0.2, 0) is 0 Å². The predicted molar refractivity (Wildman–Crippen MR) is 97.8 cm³/mol. The number of rotatable bonds is 6. The van der Waals surface area contributed by atoms with Gasteiger partial charge in [-0.05, 0) is 49.2 Å². The van der Waals surface area contributed by atoms with Gasteiger partial charge in [-0.3, -0.25) is 9.59 Å². The van der Waals surface area contributed by atoms with Crippen LogP contribution in [-0.4, -0.2) is 18.4 Å². The van der Waals surface area contributed by atoms with Crippen LogP contribution in [0.25, 0.3) is 0 Å². The summed E-state index contributed by atoms with van der Waals surface area (Å²) in [5.74, 6) is -0.444. The van der Waals surface area contributed by atoms with E-state index in [1.807, 2.05) is 6.92 Å². The van der Waals surface area contributed by atoms with Crippen molar-refractivity contribution >= 4 is 29.1 Å². The third kappa shape index (κ3) is 4.59. The number of amides is 2. The fraction of sp³-hybridized carbons (Fsp3) is 0.263. The Balaban J connectivity index is 2.11. The molecule has 0 heterocycles. The minimum absolute atomic E-state index is 0.169. The molecular weight excluding hydrogens is 324 g/mol. The van der Waals surface area contributed by atoms with Gasteiger partial charge in [-0.15, -0.1) is 0 Å². The normalized spacial score (nSPS) is 10.3. The maximum atomic E-state index is 12.4. The van der Waals surface area contributed by atoms with E-state index in [1.54, 1.807) is 42.5 Å². The maximum Gasteiger partial charge on any atom is 0.255 e. The van der Waals surface area contributed by atoms with Crippen LogP contribution in [0.2, 0.25) is 5.02 Å². The van der Waals surface area contributed by atoms with Crippen molar-refractivity contribution in [1.82, 2.24) is 5.32 Å².